The summed E-state index contributed by atoms with van der Waals surface area (Å²) in [4.78, 5) is 25.5. The lowest BCUT2D eigenvalue weighted by Gasteiger charge is -2.48. The van der Waals surface area contributed by atoms with E-state index in [2.05, 4.69) is 59.8 Å². The van der Waals surface area contributed by atoms with Crippen LogP contribution in [0.1, 0.15) is 54.4 Å². The number of halogens is 4. The third-order valence-electron chi connectivity index (χ3n) is 7.87. The number of aromatic nitrogens is 2. The standard InChI is InChI=1S/C26H36BrClF2N4O3Si/c1-25(2,3)37-24(35)34-14-9-10-17(34)18(13-36-38(7,8)26(4,5)6)33(12-14)22-19-16(29)11-15(27)20(30)21(19)31-23(28)32-22/h11,14,17-18H,9-10,12-13H2,1-8H3/t14-,17+,18+/m0/s1. The van der Waals surface area contributed by atoms with Crippen molar-refractivity contribution in [1.82, 2.24) is 14.9 Å². The van der Waals surface area contributed by atoms with E-state index in [0.717, 1.165) is 18.9 Å². The Hall–Kier alpha value is -1.56. The fraction of sp³-hybridized carbons (Fsp3) is 0.654. The number of carbonyl (C=O) groups excluding carboxylic acids is 1. The first-order valence-corrected chi connectivity index (χ1v) is 16.9. The van der Waals surface area contributed by atoms with Crippen molar-refractivity contribution in [3.8, 4) is 0 Å². The van der Waals surface area contributed by atoms with Gasteiger partial charge < -0.3 is 14.1 Å². The first kappa shape index (κ1) is 29.4. The molecule has 2 saturated heterocycles. The van der Waals surface area contributed by atoms with E-state index in [9.17, 15) is 4.79 Å². The van der Waals surface area contributed by atoms with Gasteiger partial charge in [-0.1, -0.05) is 20.8 Å². The maximum Gasteiger partial charge on any atom is 0.410 e. The molecule has 0 radical (unpaired) electrons. The normalized spacial score (nSPS) is 22.4. The summed E-state index contributed by atoms with van der Waals surface area (Å²) in [6, 6.07) is 0.243. The fourth-order valence-corrected chi connectivity index (χ4v) is 6.54. The Morgan fingerprint density at radius 1 is 1.18 bits per heavy atom. The SMILES string of the molecule is CC(C)(C)OC(=O)N1[C@H]2CC[C@@H]1[C@@H](CO[Si](C)(C)C(C)(C)C)N(c1nc(Cl)nc3c(F)c(Br)cc(F)c13)C2. The van der Waals surface area contributed by atoms with Crippen LogP contribution in [-0.2, 0) is 9.16 Å². The Kier molecular flexibility index (Phi) is 7.84. The second-order valence-electron chi connectivity index (χ2n) is 12.7. The number of nitrogens with zero attached hydrogens (tertiary/aromatic N) is 4. The number of fused-ring (bicyclic) bond motifs is 3. The van der Waals surface area contributed by atoms with Crippen molar-refractivity contribution in [3.05, 3.63) is 27.5 Å². The smallest absolute Gasteiger partial charge is 0.410 e. The van der Waals surface area contributed by atoms with Crippen molar-refractivity contribution in [2.24, 2.45) is 0 Å². The van der Waals surface area contributed by atoms with Crippen LogP contribution in [0.4, 0.5) is 19.4 Å². The summed E-state index contributed by atoms with van der Waals surface area (Å²) in [7, 11) is -2.19. The molecular weight excluding hydrogens is 598 g/mol. The van der Waals surface area contributed by atoms with Gasteiger partial charge in [-0.05, 0) is 85.3 Å². The molecule has 1 aromatic heterocycles. The minimum absolute atomic E-state index is 0.0397. The molecule has 2 aliphatic heterocycles. The van der Waals surface area contributed by atoms with Gasteiger partial charge in [0.1, 0.15) is 22.8 Å². The summed E-state index contributed by atoms with van der Waals surface area (Å²) in [5.74, 6) is -1.17. The van der Waals surface area contributed by atoms with Gasteiger partial charge in [0.15, 0.2) is 14.1 Å². The van der Waals surface area contributed by atoms with Crippen LogP contribution < -0.4 is 4.90 Å². The van der Waals surface area contributed by atoms with Crippen LogP contribution in [-0.4, -0.2) is 66.2 Å². The van der Waals surface area contributed by atoms with Crippen LogP contribution in [0.3, 0.4) is 0 Å². The predicted molar refractivity (Wildman–Crippen MR) is 151 cm³/mol. The number of hydrogen-bond donors (Lipinski definition) is 0. The van der Waals surface area contributed by atoms with Crippen molar-refractivity contribution in [1.29, 1.82) is 0 Å². The van der Waals surface area contributed by atoms with Crippen molar-refractivity contribution in [3.63, 3.8) is 0 Å². The second kappa shape index (κ2) is 10.1. The first-order chi connectivity index (χ1) is 17.4. The van der Waals surface area contributed by atoms with Gasteiger partial charge in [-0.25, -0.2) is 18.6 Å². The fourth-order valence-electron chi connectivity index (χ4n) is 4.96. The molecular formula is C26H36BrClF2N4O3Si. The molecule has 38 heavy (non-hydrogen) atoms. The van der Waals surface area contributed by atoms with Crippen LogP contribution in [0.2, 0.25) is 23.4 Å². The average molecular weight is 634 g/mol. The minimum atomic E-state index is -2.19. The lowest BCUT2D eigenvalue weighted by atomic mass is 10.0. The largest absolute Gasteiger partial charge is 0.444 e. The van der Waals surface area contributed by atoms with Crippen molar-refractivity contribution >= 4 is 58.7 Å². The number of benzene rings is 1. The number of amides is 1. The highest BCUT2D eigenvalue weighted by Gasteiger charge is 2.51. The Bertz CT molecular complexity index is 1250. The van der Waals surface area contributed by atoms with Crippen molar-refractivity contribution in [2.75, 3.05) is 18.1 Å². The number of ether oxygens (including phenoxy) is 1. The van der Waals surface area contributed by atoms with E-state index in [1.165, 1.54) is 0 Å². The molecule has 210 valence electrons. The first-order valence-electron chi connectivity index (χ1n) is 12.8. The van der Waals surface area contributed by atoms with E-state index in [1.54, 1.807) is 4.90 Å². The molecule has 12 heteroatoms. The quantitative estimate of drug-likeness (QED) is 0.200. The van der Waals surface area contributed by atoms with Crippen LogP contribution in [0.25, 0.3) is 10.9 Å². The molecule has 0 N–H and O–H groups in total. The van der Waals surface area contributed by atoms with Gasteiger partial charge in [-0.15, -0.1) is 0 Å². The maximum atomic E-state index is 15.4. The number of anilines is 1. The predicted octanol–water partition coefficient (Wildman–Crippen LogP) is 7.30. The molecule has 1 amide bonds. The second-order valence-corrected chi connectivity index (χ2v) is 18.7. The minimum Gasteiger partial charge on any atom is -0.444 e. The Morgan fingerprint density at radius 3 is 2.45 bits per heavy atom. The maximum absolute atomic E-state index is 15.4. The van der Waals surface area contributed by atoms with Gasteiger partial charge >= 0.3 is 6.09 Å². The van der Waals surface area contributed by atoms with E-state index < -0.39 is 25.6 Å². The van der Waals surface area contributed by atoms with E-state index in [1.807, 2.05) is 25.7 Å². The lowest BCUT2D eigenvalue weighted by Crippen LogP contribution is -2.64. The third-order valence-corrected chi connectivity index (χ3v) is 13.1. The molecule has 0 unspecified atom stereocenters. The number of carbonyl (C=O) groups is 1. The summed E-state index contributed by atoms with van der Waals surface area (Å²) in [6.07, 6.45) is 1.09. The van der Waals surface area contributed by atoms with E-state index >= 15 is 8.78 Å². The molecule has 2 fully saturated rings. The van der Waals surface area contributed by atoms with Crippen LogP contribution in [0.5, 0.6) is 0 Å². The van der Waals surface area contributed by atoms with Gasteiger partial charge in [0.2, 0.25) is 5.28 Å². The Labute approximate surface area is 237 Å². The highest BCUT2D eigenvalue weighted by molar-refractivity contribution is 9.10. The lowest BCUT2D eigenvalue weighted by molar-refractivity contribution is 0.00492. The van der Waals surface area contributed by atoms with Gasteiger partial charge in [0, 0.05) is 6.54 Å². The molecule has 3 atom stereocenters. The summed E-state index contributed by atoms with van der Waals surface area (Å²) in [5.41, 5.74) is -0.844. The third kappa shape index (κ3) is 5.53. The van der Waals surface area contributed by atoms with Crippen LogP contribution in [0.15, 0.2) is 10.5 Å². The van der Waals surface area contributed by atoms with E-state index in [0.29, 0.717) is 6.54 Å². The van der Waals surface area contributed by atoms with Crippen LogP contribution in [0, 0.1) is 11.6 Å². The highest BCUT2D eigenvalue weighted by atomic mass is 79.9. The highest BCUT2D eigenvalue weighted by Crippen LogP contribution is 2.43. The average Bonchev–Trinajstić information content (AvgIpc) is 3.09. The molecule has 7 nitrogen and oxygen atoms in total. The zero-order valence-corrected chi connectivity index (χ0v) is 26.5. The zero-order chi connectivity index (χ0) is 28.4. The van der Waals surface area contributed by atoms with Crippen molar-refractivity contribution < 1.29 is 22.7 Å². The van der Waals surface area contributed by atoms with E-state index in [4.69, 9.17) is 20.8 Å². The summed E-state index contributed by atoms with van der Waals surface area (Å²) in [5, 5.41) is -0.269. The monoisotopic (exact) mass is 632 g/mol. The Morgan fingerprint density at radius 2 is 1.84 bits per heavy atom. The molecule has 2 aromatic rings. The molecule has 2 aliphatic rings. The van der Waals surface area contributed by atoms with Gasteiger partial charge in [-0.3, -0.25) is 4.90 Å². The molecule has 0 aliphatic carbocycles. The van der Waals surface area contributed by atoms with Gasteiger partial charge in [-0.2, -0.15) is 4.98 Å². The topological polar surface area (TPSA) is 67.8 Å². The van der Waals surface area contributed by atoms with Gasteiger partial charge in [0.05, 0.1) is 34.6 Å². The molecule has 0 saturated carbocycles. The Balaban J connectivity index is 1.82. The molecule has 1 aromatic carbocycles. The van der Waals surface area contributed by atoms with E-state index in [-0.39, 0.29) is 62.3 Å². The number of hydrogen-bond acceptors (Lipinski definition) is 6. The molecule has 0 spiro atoms. The van der Waals surface area contributed by atoms with Gasteiger partial charge in [0.25, 0.3) is 0 Å². The van der Waals surface area contributed by atoms with Crippen LogP contribution >= 0.6 is 27.5 Å². The summed E-state index contributed by atoms with van der Waals surface area (Å²) < 4.78 is 42.8. The summed E-state index contributed by atoms with van der Waals surface area (Å²) >= 11 is 9.32. The summed E-state index contributed by atoms with van der Waals surface area (Å²) in [6.45, 7) is 16.9. The molecule has 3 heterocycles. The number of rotatable bonds is 4. The molecule has 4 rings (SSSR count). The van der Waals surface area contributed by atoms with Crippen molar-refractivity contribution in [2.45, 2.75) is 96.2 Å². The zero-order valence-electron chi connectivity index (χ0n) is 23.2. The number of piperazine rings is 1. The molecule has 2 bridgehead atoms.